The number of hydrogen-bond donors (Lipinski definition) is 0. The molecular weight excluding hydrogens is 234 g/mol. The molecule has 0 bridgehead atoms. The van der Waals surface area contributed by atoms with Crippen molar-refractivity contribution in [2.45, 2.75) is 6.92 Å². The van der Waals surface area contributed by atoms with E-state index in [-0.39, 0.29) is 0 Å². The average molecular weight is 250 g/mol. The number of pyridine rings is 1. The van der Waals surface area contributed by atoms with E-state index in [1.807, 2.05) is 44.0 Å². The van der Waals surface area contributed by atoms with Gasteiger partial charge in [-0.15, -0.1) is 0 Å². The summed E-state index contributed by atoms with van der Waals surface area (Å²) < 4.78 is 2.09. The monoisotopic (exact) mass is 250 g/mol. The van der Waals surface area contributed by atoms with E-state index in [1.54, 1.807) is 0 Å². The van der Waals surface area contributed by atoms with Crippen LogP contribution >= 0.6 is 0 Å². The minimum atomic E-state index is 1.09. The second-order valence-electron chi connectivity index (χ2n) is 4.63. The number of rotatable bonds is 1. The Bertz CT molecular complexity index is 671. The molecular formula is C16H16N3+. The van der Waals surface area contributed by atoms with Gasteiger partial charge in [0.05, 0.1) is 13.2 Å². The molecule has 0 aliphatic carbocycles. The summed E-state index contributed by atoms with van der Waals surface area (Å²) >= 11 is 0. The van der Waals surface area contributed by atoms with Crippen molar-refractivity contribution < 1.29 is 4.57 Å². The van der Waals surface area contributed by atoms with Gasteiger partial charge in [-0.05, 0) is 24.6 Å². The van der Waals surface area contributed by atoms with Crippen molar-refractivity contribution in [1.82, 2.24) is 0 Å². The number of aryl methyl sites for hydroxylation is 2. The van der Waals surface area contributed by atoms with E-state index >= 15 is 0 Å². The van der Waals surface area contributed by atoms with Crippen molar-refractivity contribution in [2.75, 3.05) is 4.90 Å². The van der Waals surface area contributed by atoms with Gasteiger partial charge >= 0.3 is 0 Å². The van der Waals surface area contributed by atoms with Crippen LogP contribution in [0.3, 0.4) is 0 Å². The van der Waals surface area contributed by atoms with Crippen molar-refractivity contribution in [2.24, 2.45) is 12.0 Å². The zero-order valence-corrected chi connectivity index (χ0v) is 11.1. The highest BCUT2D eigenvalue weighted by molar-refractivity contribution is 5.93. The summed E-state index contributed by atoms with van der Waals surface area (Å²) in [5, 5.41) is 0. The second-order valence-corrected chi connectivity index (χ2v) is 4.63. The van der Waals surface area contributed by atoms with E-state index < -0.39 is 0 Å². The van der Waals surface area contributed by atoms with E-state index in [9.17, 15) is 0 Å². The van der Waals surface area contributed by atoms with Crippen LogP contribution in [0.15, 0.2) is 53.8 Å². The van der Waals surface area contributed by atoms with Gasteiger partial charge in [0.2, 0.25) is 0 Å². The molecule has 0 spiro atoms. The van der Waals surface area contributed by atoms with Crippen molar-refractivity contribution in [3.63, 3.8) is 0 Å². The SMILES string of the molecule is Cc1cccc2c1N(c1cccc[n+]1C)C=NC=C2. The van der Waals surface area contributed by atoms with Crippen LogP contribution in [0.4, 0.5) is 11.5 Å². The van der Waals surface area contributed by atoms with Crippen LogP contribution in [0, 0.1) is 6.92 Å². The highest BCUT2D eigenvalue weighted by Gasteiger charge is 2.23. The number of aliphatic imine (C=N–C) groups is 1. The fourth-order valence-corrected chi connectivity index (χ4v) is 2.37. The topological polar surface area (TPSA) is 19.5 Å². The zero-order valence-electron chi connectivity index (χ0n) is 11.1. The molecule has 2 aromatic rings. The summed E-state index contributed by atoms with van der Waals surface area (Å²) in [7, 11) is 2.04. The van der Waals surface area contributed by atoms with Gasteiger partial charge < -0.3 is 0 Å². The Morgan fingerprint density at radius 1 is 1.11 bits per heavy atom. The van der Waals surface area contributed by atoms with Crippen LogP contribution in [0.1, 0.15) is 11.1 Å². The van der Waals surface area contributed by atoms with Gasteiger partial charge in [-0.1, -0.05) is 24.3 Å². The molecule has 1 aliphatic heterocycles. The highest BCUT2D eigenvalue weighted by Crippen LogP contribution is 2.31. The van der Waals surface area contributed by atoms with Crippen molar-refractivity contribution in [3.05, 3.63) is 59.9 Å². The van der Waals surface area contributed by atoms with E-state index in [2.05, 4.69) is 45.6 Å². The first-order valence-corrected chi connectivity index (χ1v) is 6.31. The Kier molecular flexibility index (Phi) is 2.88. The number of fused-ring (bicyclic) bond motifs is 1. The molecule has 94 valence electrons. The molecule has 3 nitrogen and oxygen atoms in total. The van der Waals surface area contributed by atoms with Gasteiger partial charge in [0.15, 0.2) is 6.34 Å². The molecule has 1 aromatic carbocycles. The smallest absolute Gasteiger partial charge is 0.237 e. The van der Waals surface area contributed by atoms with Gasteiger partial charge in [0.25, 0.3) is 5.82 Å². The summed E-state index contributed by atoms with van der Waals surface area (Å²) in [4.78, 5) is 6.46. The molecule has 0 radical (unpaired) electrons. The standard InChI is InChI=1S/C16H16N3/c1-13-6-5-7-14-9-10-17-12-19(16(13)14)15-8-3-4-11-18(15)2/h3-12H,1-2H3/q+1. The molecule has 0 saturated heterocycles. The minimum absolute atomic E-state index is 1.09. The lowest BCUT2D eigenvalue weighted by Crippen LogP contribution is -2.36. The molecule has 1 aliphatic rings. The average Bonchev–Trinajstić information content (AvgIpc) is 2.63. The Balaban J connectivity index is 2.23. The van der Waals surface area contributed by atoms with Gasteiger partial charge in [-0.25, -0.2) is 9.56 Å². The number of anilines is 2. The van der Waals surface area contributed by atoms with Crippen LogP contribution in [0.25, 0.3) is 6.08 Å². The lowest BCUT2D eigenvalue weighted by atomic mass is 10.1. The highest BCUT2D eigenvalue weighted by atomic mass is 15.2. The molecule has 2 heterocycles. The Labute approximate surface area is 113 Å². The zero-order chi connectivity index (χ0) is 13.2. The second kappa shape index (κ2) is 4.69. The Hall–Kier alpha value is -2.42. The number of benzene rings is 1. The van der Waals surface area contributed by atoms with Gasteiger partial charge in [0, 0.05) is 17.8 Å². The molecule has 0 atom stereocenters. The summed E-state index contributed by atoms with van der Waals surface area (Å²) in [5.41, 5.74) is 3.60. The van der Waals surface area contributed by atoms with Gasteiger partial charge in [0.1, 0.15) is 5.69 Å². The molecule has 0 fully saturated rings. The van der Waals surface area contributed by atoms with Crippen LogP contribution < -0.4 is 9.47 Å². The van der Waals surface area contributed by atoms with E-state index in [0.29, 0.717) is 0 Å². The first-order valence-electron chi connectivity index (χ1n) is 6.31. The normalized spacial score (nSPS) is 13.3. The lowest BCUT2D eigenvalue weighted by molar-refractivity contribution is -0.658. The predicted molar refractivity (Wildman–Crippen MR) is 78.5 cm³/mol. The lowest BCUT2D eigenvalue weighted by Gasteiger charge is -2.16. The first kappa shape index (κ1) is 11.7. The maximum atomic E-state index is 4.33. The number of aromatic nitrogens is 1. The summed E-state index contributed by atoms with van der Waals surface area (Å²) in [6.45, 7) is 2.13. The minimum Gasteiger partial charge on any atom is -0.237 e. The number of para-hydroxylation sites is 1. The van der Waals surface area contributed by atoms with Gasteiger partial charge in [-0.3, -0.25) is 0 Å². The van der Waals surface area contributed by atoms with Crippen LogP contribution in [0.2, 0.25) is 0 Å². The van der Waals surface area contributed by atoms with E-state index in [4.69, 9.17) is 0 Å². The molecule has 0 N–H and O–H groups in total. The van der Waals surface area contributed by atoms with E-state index in [1.165, 1.54) is 16.8 Å². The van der Waals surface area contributed by atoms with Crippen LogP contribution in [-0.4, -0.2) is 6.34 Å². The molecule has 1 aromatic heterocycles. The Morgan fingerprint density at radius 2 is 2.00 bits per heavy atom. The van der Waals surface area contributed by atoms with Crippen molar-refractivity contribution in [1.29, 1.82) is 0 Å². The molecule has 3 rings (SSSR count). The third-order valence-corrected chi connectivity index (χ3v) is 3.31. The number of hydrogen-bond acceptors (Lipinski definition) is 2. The predicted octanol–water partition coefficient (Wildman–Crippen LogP) is 2.97. The van der Waals surface area contributed by atoms with E-state index in [0.717, 1.165) is 5.82 Å². The largest absolute Gasteiger partial charge is 0.287 e. The van der Waals surface area contributed by atoms with Crippen molar-refractivity contribution in [3.8, 4) is 0 Å². The quantitative estimate of drug-likeness (QED) is 0.712. The van der Waals surface area contributed by atoms with Crippen LogP contribution in [-0.2, 0) is 7.05 Å². The number of nitrogens with zero attached hydrogens (tertiary/aromatic N) is 3. The van der Waals surface area contributed by atoms with Gasteiger partial charge in [-0.2, -0.15) is 4.90 Å². The molecule has 0 unspecified atom stereocenters. The summed E-state index contributed by atoms with van der Waals surface area (Å²) in [6, 6.07) is 12.5. The summed E-state index contributed by atoms with van der Waals surface area (Å²) in [6.07, 6.45) is 7.78. The summed E-state index contributed by atoms with van der Waals surface area (Å²) in [5.74, 6) is 1.09. The Morgan fingerprint density at radius 3 is 2.84 bits per heavy atom. The fourth-order valence-electron chi connectivity index (χ4n) is 2.37. The fraction of sp³-hybridized carbons (Fsp3) is 0.125. The van der Waals surface area contributed by atoms with Crippen molar-refractivity contribution >= 4 is 23.9 Å². The maximum Gasteiger partial charge on any atom is 0.287 e. The molecule has 19 heavy (non-hydrogen) atoms. The molecule has 3 heteroatoms. The third kappa shape index (κ3) is 2.03. The third-order valence-electron chi connectivity index (χ3n) is 3.31. The maximum absolute atomic E-state index is 4.33. The van der Waals surface area contributed by atoms with Crippen LogP contribution in [0.5, 0.6) is 0 Å². The first-order chi connectivity index (χ1) is 9.27. The molecule has 0 amide bonds. The molecule has 0 saturated carbocycles.